The Morgan fingerprint density at radius 1 is 1.47 bits per heavy atom. The molecule has 2 nitrogen and oxygen atoms in total. The Hall–Kier alpha value is -0.380. The van der Waals surface area contributed by atoms with Crippen LogP contribution in [0.3, 0.4) is 0 Å². The third-order valence-electron chi connectivity index (χ3n) is 2.67. The predicted molar refractivity (Wildman–Crippen MR) is 77.3 cm³/mol. The number of thioether (sulfide) groups is 1. The van der Waals surface area contributed by atoms with E-state index < -0.39 is 0 Å². The Morgan fingerprint density at radius 3 is 2.76 bits per heavy atom. The van der Waals surface area contributed by atoms with E-state index in [2.05, 4.69) is 18.5 Å². The normalized spacial score (nSPS) is 12.5. The van der Waals surface area contributed by atoms with Gasteiger partial charge in [0.25, 0.3) is 0 Å². The van der Waals surface area contributed by atoms with Crippen molar-refractivity contribution in [1.29, 1.82) is 0 Å². The predicted octanol–water partition coefficient (Wildman–Crippen LogP) is 3.58. The van der Waals surface area contributed by atoms with Crippen molar-refractivity contribution in [2.24, 2.45) is 0 Å². The lowest BCUT2D eigenvalue weighted by Gasteiger charge is -2.16. The van der Waals surface area contributed by atoms with Crippen molar-refractivity contribution in [1.82, 2.24) is 5.32 Å². The first-order valence-electron chi connectivity index (χ1n) is 5.76. The van der Waals surface area contributed by atoms with E-state index in [-0.39, 0.29) is 0 Å². The van der Waals surface area contributed by atoms with Crippen molar-refractivity contribution in [3.05, 3.63) is 28.8 Å². The van der Waals surface area contributed by atoms with Crippen molar-refractivity contribution in [2.45, 2.75) is 25.9 Å². The molecule has 1 atom stereocenters. The molecule has 1 aromatic carbocycles. The molecule has 0 saturated heterocycles. The Kier molecular flexibility index (Phi) is 6.78. The summed E-state index contributed by atoms with van der Waals surface area (Å²) in [6.45, 7) is 3.05. The summed E-state index contributed by atoms with van der Waals surface area (Å²) in [6, 6.07) is 6.48. The van der Waals surface area contributed by atoms with Crippen LogP contribution in [0.1, 0.15) is 18.9 Å². The molecule has 0 spiro atoms. The topological polar surface area (TPSA) is 21.3 Å². The molecule has 1 N–H and O–H groups in total. The molecular weight excluding hydrogens is 254 g/mol. The molecule has 96 valence electrons. The quantitative estimate of drug-likeness (QED) is 0.821. The summed E-state index contributed by atoms with van der Waals surface area (Å²) in [4.78, 5) is 0. The molecule has 1 rings (SSSR count). The molecule has 0 fully saturated rings. The number of ether oxygens (including phenoxy) is 1. The van der Waals surface area contributed by atoms with Crippen molar-refractivity contribution < 1.29 is 4.74 Å². The van der Waals surface area contributed by atoms with E-state index in [0.717, 1.165) is 24.5 Å². The number of hydrogen-bond acceptors (Lipinski definition) is 3. The van der Waals surface area contributed by atoms with Crippen molar-refractivity contribution in [3.63, 3.8) is 0 Å². The molecule has 0 bridgehead atoms. The maximum Gasteiger partial charge on any atom is 0.137 e. The van der Waals surface area contributed by atoms with Crippen LogP contribution in [-0.4, -0.2) is 25.2 Å². The zero-order chi connectivity index (χ0) is 12.7. The second kappa shape index (κ2) is 7.85. The number of methoxy groups -OCH3 is 1. The van der Waals surface area contributed by atoms with Gasteiger partial charge in [0.15, 0.2) is 0 Å². The Labute approximate surface area is 113 Å². The van der Waals surface area contributed by atoms with Gasteiger partial charge >= 0.3 is 0 Å². The fraction of sp³-hybridized carbons (Fsp3) is 0.538. The molecule has 17 heavy (non-hydrogen) atoms. The van der Waals surface area contributed by atoms with Gasteiger partial charge < -0.3 is 10.1 Å². The minimum Gasteiger partial charge on any atom is -0.495 e. The standard InChI is InChI=1S/C13H20ClNOS/c1-4-11(9-17-3)15-8-10-5-6-13(16-2)12(14)7-10/h5-7,11,15H,4,8-9H2,1-3H3. The van der Waals surface area contributed by atoms with Gasteiger partial charge in [0.05, 0.1) is 12.1 Å². The fourth-order valence-corrected chi connectivity index (χ4v) is 2.64. The van der Waals surface area contributed by atoms with Gasteiger partial charge in [-0.15, -0.1) is 0 Å². The highest BCUT2D eigenvalue weighted by Crippen LogP contribution is 2.24. The number of hydrogen-bond donors (Lipinski definition) is 1. The second-order valence-electron chi connectivity index (χ2n) is 3.91. The zero-order valence-electron chi connectivity index (χ0n) is 10.6. The lowest BCUT2D eigenvalue weighted by molar-refractivity contribution is 0.414. The second-order valence-corrected chi connectivity index (χ2v) is 5.23. The highest BCUT2D eigenvalue weighted by Gasteiger charge is 2.06. The molecule has 1 unspecified atom stereocenters. The van der Waals surface area contributed by atoms with Gasteiger partial charge in [0, 0.05) is 18.3 Å². The molecule has 1 aromatic rings. The van der Waals surface area contributed by atoms with Crippen LogP contribution in [0, 0.1) is 0 Å². The minimum atomic E-state index is 0.561. The summed E-state index contributed by atoms with van der Waals surface area (Å²) in [6.07, 6.45) is 3.28. The smallest absolute Gasteiger partial charge is 0.137 e. The van der Waals surface area contributed by atoms with Gasteiger partial charge in [0.2, 0.25) is 0 Å². The maximum absolute atomic E-state index is 6.08. The Bertz CT molecular complexity index is 346. The van der Waals surface area contributed by atoms with E-state index in [1.165, 1.54) is 5.56 Å². The molecule has 0 aliphatic heterocycles. The van der Waals surface area contributed by atoms with Crippen LogP contribution >= 0.6 is 23.4 Å². The summed E-state index contributed by atoms with van der Waals surface area (Å²) in [7, 11) is 1.63. The molecular formula is C13H20ClNOS. The molecule has 0 heterocycles. The van der Waals surface area contributed by atoms with Gasteiger partial charge in [-0.1, -0.05) is 24.6 Å². The molecule has 0 aliphatic carbocycles. The van der Waals surface area contributed by atoms with Crippen LogP contribution in [0.15, 0.2) is 18.2 Å². The summed E-state index contributed by atoms with van der Waals surface area (Å²) < 4.78 is 5.13. The summed E-state index contributed by atoms with van der Waals surface area (Å²) in [5.74, 6) is 1.87. The third kappa shape index (κ3) is 4.78. The number of halogens is 1. The average Bonchev–Trinajstić information content (AvgIpc) is 2.34. The number of rotatable bonds is 7. The van der Waals surface area contributed by atoms with E-state index in [4.69, 9.17) is 16.3 Å². The largest absolute Gasteiger partial charge is 0.495 e. The average molecular weight is 274 g/mol. The highest BCUT2D eigenvalue weighted by atomic mass is 35.5. The zero-order valence-corrected chi connectivity index (χ0v) is 12.2. The molecule has 4 heteroatoms. The highest BCUT2D eigenvalue weighted by molar-refractivity contribution is 7.98. The van der Waals surface area contributed by atoms with Gasteiger partial charge in [-0.05, 0) is 30.4 Å². The molecule has 0 saturated carbocycles. The Morgan fingerprint density at radius 2 is 2.24 bits per heavy atom. The molecule has 0 radical (unpaired) electrons. The van der Waals surface area contributed by atoms with Crippen LogP contribution < -0.4 is 10.1 Å². The minimum absolute atomic E-state index is 0.561. The summed E-state index contributed by atoms with van der Waals surface area (Å²) >= 11 is 7.95. The van der Waals surface area contributed by atoms with Gasteiger partial charge in [-0.3, -0.25) is 0 Å². The first kappa shape index (κ1) is 14.7. The van der Waals surface area contributed by atoms with Crippen LogP contribution in [0.25, 0.3) is 0 Å². The van der Waals surface area contributed by atoms with E-state index in [1.807, 2.05) is 30.0 Å². The molecule has 0 aromatic heterocycles. The van der Waals surface area contributed by atoms with Gasteiger partial charge in [0.1, 0.15) is 5.75 Å². The number of nitrogens with one attached hydrogen (secondary N) is 1. The lowest BCUT2D eigenvalue weighted by atomic mass is 10.2. The number of benzene rings is 1. The first-order chi connectivity index (χ1) is 8.21. The summed E-state index contributed by atoms with van der Waals surface area (Å²) in [5, 5.41) is 4.20. The van der Waals surface area contributed by atoms with Crippen molar-refractivity contribution in [3.8, 4) is 5.75 Å². The monoisotopic (exact) mass is 273 g/mol. The van der Waals surface area contributed by atoms with Crippen molar-refractivity contribution in [2.75, 3.05) is 19.1 Å². The van der Waals surface area contributed by atoms with E-state index in [1.54, 1.807) is 7.11 Å². The first-order valence-corrected chi connectivity index (χ1v) is 7.53. The van der Waals surface area contributed by atoms with Crippen LogP contribution in [0.4, 0.5) is 0 Å². The van der Waals surface area contributed by atoms with E-state index in [0.29, 0.717) is 11.1 Å². The molecule has 0 amide bonds. The maximum atomic E-state index is 6.08. The van der Waals surface area contributed by atoms with Crippen LogP contribution in [0.2, 0.25) is 5.02 Å². The summed E-state index contributed by atoms with van der Waals surface area (Å²) in [5.41, 5.74) is 1.19. The van der Waals surface area contributed by atoms with E-state index in [9.17, 15) is 0 Å². The van der Waals surface area contributed by atoms with Gasteiger partial charge in [-0.25, -0.2) is 0 Å². The van der Waals surface area contributed by atoms with Gasteiger partial charge in [-0.2, -0.15) is 11.8 Å². The van der Waals surface area contributed by atoms with Crippen LogP contribution in [0.5, 0.6) is 5.75 Å². The van der Waals surface area contributed by atoms with E-state index >= 15 is 0 Å². The molecule has 0 aliphatic rings. The lowest BCUT2D eigenvalue weighted by Crippen LogP contribution is -2.30. The van der Waals surface area contributed by atoms with Crippen molar-refractivity contribution >= 4 is 23.4 Å². The Balaban J connectivity index is 2.54. The fourth-order valence-electron chi connectivity index (χ4n) is 1.60. The SMILES string of the molecule is CCC(CSC)NCc1ccc(OC)c(Cl)c1. The third-order valence-corrected chi connectivity index (χ3v) is 3.70. The van der Waals surface area contributed by atoms with Crippen LogP contribution in [-0.2, 0) is 6.54 Å².